The molecule has 26 heavy (non-hydrogen) atoms. The molecule has 2 atom stereocenters. The summed E-state index contributed by atoms with van der Waals surface area (Å²) in [6.45, 7) is 0.834. The predicted molar refractivity (Wildman–Crippen MR) is 86.7 cm³/mol. The third-order valence-electron chi connectivity index (χ3n) is 4.86. The number of hydrogen-bond acceptors (Lipinski definition) is 7. The number of anilines is 1. The van der Waals surface area contributed by atoms with Crippen molar-refractivity contribution in [1.82, 2.24) is 15.4 Å². The van der Waals surface area contributed by atoms with Crippen molar-refractivity contribution in [1.29, 1.82) is 0 Å². The minimum absolute atomic E-state index is 0.00181. The van der Waals surface area contributed by atoms with Gasteiger partial charge in [-0.05, 0) is 18.8 Å². The van der Waals surface area contributed by atoms with Gasteiger partial charge in [0.2, 0.25) is 0 Å². The summed E-state index contributed by atoms with van der Waals surface area (Å²) < 4.78 is 9.39. The molecule has 2 aliphatic rings. The van der Waals surface area contributed by atoms with Crippen molar-refractivity contribution in [3.05, 3.63) is 12.3 Å². The van der Waals surface area contributed by atoms with Crippen molar-refractivity contribution >= 4 is 29.6 Å². The number of carbonyl (C=O) groups is 4. The minimum atomic E-state index is -0.931. The second-order valence-electron chi connectivity index (χ2n) is 6.53. The first-order valence-electron chi connectivity index (χ1n) is 8.42. The van der Waals surface area contributed by atoms with E-state index in [2.05, 4.69) is 20.3 Å². The van der Waals surface area contributed by atoms with Crippen molar-refractivity contribution in [3.63, 3.8) is 0 Å². The average molecular weight is 364 g/mol. The molecule has 1 spiro atoms. The van der Waals surface area contributed by atoms with Gasteiger partial charge in [-0.2, -0.15) is 0 Å². The summed E-state index contributed by atoms with van der Waals surface area (Å²) in [5.74, 6) is -1.67. The maximum absolute atomic E-state index is 12.7. The van der Waals surface area contributed by atoms with Gasteiger partial charge in [0, 0.05) is 6.07 Å². The summed E-state index contributed by atoms with van der Waals surface area (Å²) in [7, 11) is 0. The maximum Gasteiger partial charge on any atom is 0.326 e. The number of nitrogens with one attached hydrogen (secondary N) is 2. The number of urea groups is 1. The summed E-state index contributed by atoms with van der Waals surface area (Å²) in [5, 5.41) is 8.60. The van der Waals surface area contributed by atoms with E-state index in [9.17, 15) is 19.2 Å². The van der Waals surface area contributed by atoms with Crippen LogP contribution in [0, 0.1) is 5.92 Å². The van der Waals surface area contributed by atoms with Crippen LogP contribution < -0.4 is 10.6 Å². The number of carbonyl (C=O) groups excluding carboxylic acids is 4. The lowest BCUT2D eigenvalue weighted by Gasteiger charge is -2.36. The Labute approximate surface area is 149 Å². The van der Waals surface area contributed by atoms with Crippen LogP contribution >= 0.6 is 0 Å². The zero-order valence-corrected chi connectivity index (χ0v) is 14.3. The summed E-state index contributed by atoms with van der Waals surface area (Å²) in [4.78, 5) is 49.3. The Kier molecular flexibility index (Phi) is 4.92. The normalized spacial score (nSPS) is 25.3. The standard InChI is InChI=1S/C16H20N4O6/c1-10-4-2-3-6-16(10)14(23)20(15(24)18-16)8-13(22)25-9-12(21)17-11-5-7-26-19-11/h5,7,10H,2-4,6,8-9H2,1H3,(H,18,24)(H,17,19,21). The van der Waals surface area contributed by atoms with Gasteiger partial charge in [0.05, 0.1) is 0 Å². The van der Waals surface area contributed by atoms with Gasteiger partial charge in [0.1, 0.15) is 18.3 Å². The van der Waals surface area contributed by atoms with Gasteiger partial charge in [0.25, 0.3) is 11.8 Å². The third-order valence-corrected chi connectivity index (χ3v) is 4.86. The fourth-order valence-corrected chi connectivity index (χ4v) is 3.42. The van der Waals surface area contributed by atoms with E-state index in [4.69, 9.17) is 4.74 Å². The molecule has 4 amide bonds. The zero-order chi connectivity index (χ0) is 18.7. The van der Waals surface area contributed by atoms with E-state index in [1.807, 2.05) is 6.92 Å². The van der Waals surface area contributed by atoms with Crippen LogP contribution in [0.3, 0.4) is 0 Å². The Morgan fingerprint density at radius 3 is 2.96 bits per heavy atom. The van der Waals surface area contributed by atoms with E-state index in [0.29, 0.717) is 6.42 Å². The summed E-state index contributed by atoms with van der Waals surface area (Å²) in [5.41, 5.74) is -0.931. The molecule has 1 aromatic heterocycles. The third kappa shape index (κ3) is 3.39. The first-order valence-corrected chi connectivity index (χ1v) is 8.42. The molecule has 1 saturated heterocycles. The van der Waals surface area contributed by atoms with E-state index in [1.165, 1.54) is 12.3 Å². The molecular formula is C16H20N4O6. The fraction of sp³-hybridized carbons (Fsp3) is 0.562. The maximum atomic E-state index is 12.7. The number of imide groups is 1. The van der Waals surface area contributed by atoms with Crippen molar-refractivity contribution in [3.8, 4) is 0 Å². The molecule has 2 unspecified atom stereocenters. The number of rotatable bonds is 5. The van der Waals surface area contributed by atoms with E-state index in [0.717, 1.165) is 24.2 Å². The second kappa shape index (κ2) is 7.14. The first-order chi connectivity index (χ1) is 12.4. The van der Waals surface area contributed by atoms with Crippen LogP contribution in [-0.4, -0.2) is 52.6 Å². The van der Waals surface area contributed by atoms with Crippen LogP contribution in [-0.2, 0) is 19.1 Å². The van der Waals surface area contributed by atoms with Crippen LogP contribution in [0.4, 0.5) is 10.6 Å². The van der Waals surface area contributed by atoms with Gasteiger partial charge in [0.15, 0.2) is 12.4 Å². The molecule has 3 rings (SSSR count). The molecule has 2 fully saturated rings. The van der Waals surface area contributed by atoms with Gasteiger partial charge < -0.3 is 19.9 Å². The lowest BCUT2D eigenvalue weighted by Crippen LogP contribution is -2.54. The topological polar surface area (TPSA) is 131 Å². The number of ether oxygens (including phenoxy) is 1. The number of nitrogens with zero attached hydrogens (tertiary/aromatic N) is 2. The van der Waals surface area contributed by atoms with E-state index < -0.39 is 42.5 Å². The lowest BCUT2D eigenvalue weighted by atomic mass is 9.73. The van der Waals surface area contributed by atoms with Crippen LogP contribution in [0.25, 0.3) is 0 Å². The van der Waals surface area contributed by atoms with Crippen LogP contribution in [0.5, 0.6) is 0 Å². The SMILES string of the molecule is CC1CCCCC12NC(=O)N(CC(=O)OCC(=O)Nc1ccon1)C2=O. The highest BCUT2D eigenvalue weighted by Crippen LogP contribution is 2.38. The van der Waals surface area contributed by atoms with Gasteiger partial charge in [-0.25, -0.2) is 4.79 Å². The second-order valence-corrected chi connectivity index (χ2v) is 6.53. The molecule has 1 saturated carbocycles. The Morgan fingerprint density at radius 2 is 2.27 bits per heavy atom. The first kappa shape index (κ1) is 17.9. The highest BCUT2D eigenvalue weighted by Gasteiger charge is 2.55. The summed E-state index contributed by atoms with van der Waals surface area (Å²) in [6.07, 6.45) is 4.53. The molecule has 2 heterocycles. The minimum Gasteiger partial charge on any atom is -0.454 e. The highest BCUT2D eigenvalue weighted by molar-refractivity contribution is 6.09. The molecule has 0 bridgehead atoms. The van der Waals surface area contributed by atoms with Crippen molar-refractivity contribution < 1.29 is 28.4 Å². The number of aromatic nitrogens is 1. The molecule has 140 valence electrons. The van der Waals surface area contributed by atoms with E-state index in [-0.39, 0.29) is 11.7 Å². The Hall–Kier alpha value is -2.91. The number of esters is 1. The van der Waals surface area contributed by atoms with E-state index >= 15 is 0 Å². The molecule has 1 aliphatic carbocycles. The van der Waals surface area contributed by atoms with Gasteiger partial charge in [-0.1, -0.05) is 24.9 Å². The molecule has 2 N–H and O–H groups in total. The quantitative estimate of drug-likeness (QED) is 0.579. The monoisotopic (exact) mass is 364 g/mol. The predicted octanol–water partition coefficient (Wildman–Crippen LogP) is 0.657. The van der Waals surface area contributed by atoms with Gasteiger partial charge >= 0.3 is 12.0 Å². The highest BCUT2D eigenvalue weighted by atomic mass is 16.5. The Balaban J connectivity index is 1.53. The van der Waals surface area contributed by atoms with Gasteiger partial charge in [-0.15, -0.1) is 0 Å². The van der Waals surface area contributed by atoms with Crippen LogP contribution in [0.15, 0.2) is 16.9 Å². The zero-order valence-electron chi connectivity index (χ0n) is 14.3. The van der Waals surface area contributed by atoms with Gasteiger partial charge in [-0.3, -0.25) is 19.3 Å². The smallest absolute Gasteiger partial charge is 0.326 e. The van der Waals surface area contributed by atoms with E-state index in [1.54, 1.807) is 0 Å². The summed E-state index contributed by atoms with van der Waals surface area (Å²) in [6, 6.07) is 0.824. The largest absolute Gasteiger partial charge is 0.454 e. The van der Waals surface area contributed by atoms with Crippen molar-refractivity contribution in [2.75, 3.05) is 18.5 Å². The Morgan fingerprint density at radius 1 is 1.46 bits per heavy atom. The van der Waals surface area contributed by atoms with Crippen LogP contribution in [0.1, 0.15) is 32.6 Å². The van der Waals surface area contributed by atoms with Crippen LogP contribution in [0.2, 0.25) is 0 Å². The molecule has 1 aromatic rings. The molecule has 1 aliphatic heterocycles. The van der Waals surface area contributed by atoms with Crippen molar-refractivity contribution in [2.24, 2.45) is 5.92 Å². The average Bonchev–Trinajstić information content (AvgIpc) is 3.19. The number of amides is 4. The molecule has 0 aromatic carbocycles. The van der Waals surface area contributed by atoms with Crippen molar-refractivity contribution in [2.45, 2.75) is 38.1 Å². The Bertz CT molecular complexity index is 718. The number of hydrogen-bond donors (Lipinski definition) is 2. The molecule has 10 heteroatoms. The summed E-state index contributed by atoms with van der Waals surface area (Å²) >= 11 is 0. The molecule has 10 nitrogen and oxygen atoms in total. The molecule has 0 radical (unpaired) electrons. The fourth-order valence-electron chi connectivity index (χ4n) is 3.42. The molecular weight excluding hydrogens is 344 g/mol. The lowest BCUT2D eigenvalue weighted by molar-refractivity contribution is -0.150.